The summed E-state index contributed by atoms with van der Waals surface area (Å²) in [6, 6.07) is 4.00. The zero-order valence-corrected chi connectivity index (χ0v) is 11.5. The Balaban J connectivity index is 1.99. The van der Waals surface area contributed by atoms with Crippen LogP contribution in [0.3, 0.4) is 0 Å². The molecule has 2 rings (SSSR count). The van der Waals surface area contributed by atoms with Crippen molar-refractivity contribution in [3.63, 3.8) is 0 Å². The van der Waals surface area contributed by atoms with E-state index in [9.17, 15) is 0 Å². The molecule has 0 aliphatic rings. The number of aryl methyl sites for hydroxylation is 1. The van der Waals surface area contributed by atoms with Crippen molar-refractivity contribution >= 4 is 17.2 Å². The van der Waals surface area contributed by atoms with Crippen LogP contribution in [0.5, 0.6) is 5.88 Å². The van der Waals surface area contributed by atoms with E-state index in [1.165, 1.54) is 16.8 Å². The Morgan fingerprint density at radius 2 is 2.22 bits per heavy atom. The van der Waals surface area contributed by atoms with Gasteiger partial charge in [-0.2, -0.15) is 0 Å². The average molecular weight is 263 g/mol. The molecule has 2 heterocycles. The highest BCUT2D eigenvalue weighted by Gasteiger charge is 2.03. The van der Waals surface area contributed by atoms with Crippen LogP contribution in [0, 0.1) is 0 Å². The lowest BCUT2D eigenvalue weighted by Crippen LogP contribution is -2.03. The molecule has 2 aromatic rings. The normalized spacial score (nSPS) is 10.3. The average Bonchev–Trinajstić information content (AvgIpc) is 2.84. The lowest BCUT2D eigenvalue weighted by Gasteiger charge is -2.07. The van der Waals surface area contributed by atoms with Crippen LogP contribution < -0.4 is 10.1 Å². The van der Waals surface area contributed by atoms with E-state index in [0.717, 1.165) is 18.8 Å². The third-order valence-electron chi connectivity index (χ3n) is 2.58. The summed E-state index contributed by atoms with van der Waals surface area (Å²) in [6.45, 7) is 5.52. The molecule has 0 radical (unpaired) electrons. The van der Waals surface area contributed by atoms with Crippen LogP contribution in [0.4, 0.5) is 5.82 Å². The monoisotopic (exact) mass is 263 g/mol. The number of hydrogen-bond acceptors (Lipinski definition) is 5. The first-order valence-corrected chi connectivity index (χ1v) is 6.95. The molecule has 5 heteroatoms. The Morgan fingerprint density at radius 3 is 3.00 bits per heavy atom. The summed E-state index contributed by atoms with van der Waals surface area (Å²) in [5.74, 6) is 1.40. The standard InChI is InChI=1S/C13H17N3OS/c1-3-10-5-6-18-11(10)8-14-12-7-13(17-4-2)16-9-15-12/h5-7,9H,3-4,8H2,1-2H3,(H,14,15,16). The largest absolute Gasteiger partial charge is 0.478 e. The van der Waals surface area contributed by atoms with Crippen molar-refractivity contribution in [1.29, 1.82) is 0 Å². The Bertz CT molecular complexity index is 498. The van der Waals surface area contributed by atoms with Crippen LogP contribution in [0.25, 0.3) is 0 Å². The molecule has 4 nitrogen and oxygen atoms in total. The van der Waals surface area contributed by atoms with Gasteiger partial charge in [0.25, 0.3) is 0 Å². The second-order valence-electron chi connectivity index (χ2n) is 3.75. The van der Waals surface area contributed by atoms with Gasteiger partial charge in [0.15, 0.2) is 0 Å². The highest BCUT2D eigenvalue weighted by Crippen LogP contribution is 2.19. The van der Waals surface area contributed by atoms with Gasteiger partial charge >= 0.3 is 0 Å². The van der Waals surface area contributed by atoms with Gasteiger partial charge in [-0.15, -0.1) is 11.3 Å². The second kappa shape index (κ2) is 6.35. The molecule has 0 amide bonds. The number of aromatic nitrogens is 2. The zero-order chi connectivity index (χ0) is 12.8. The fourth-order valence-electron chi connectivity index (χ4n) is 1.67. The summed E-state index contributed by atoms with van der Waals surface area (Å²) < 4.78 is 5.34. The number of nitrogens with zero attached hydrogens (tertiary/aromatic N) is 2. The molecule has 0 aliphatic heterocycles. The van der Waals surface area contributed by atoms with Crippen LogP contribution in [0.1, 0.15) is 24.3 Å². The van der Waals surface area contributed by atoms with Crippen LogP contribution in [0.15, 0.2) is 23.8 Å². The molecular formula is C13H17N3OS. The topological polar surface area (TPSA) is 47.0 Å². The molecule has 0 unspecified atom stereocenters. The highest BCUT2D eigenvalue weighted by atomic mass is 32.1. The van der Waals surface area contributed by atoms with E-state index < -0.39 is 0 Å². The van der Waals surface area contributed by atoms with Crippen LogP contribution >= 0.6 is 11.3 Å². The first-order chi connectivity index (χ1) is 8.83. The van der Waals surface area contributed by atoms with E-state index >= 15 is 0 Å². The van der Waals surface area contributed by atoms with Gasteiger partial charge in [0.05, 0.1) is 13.2 Å². The maximum atomic E-state index is 5.34. The van der Waals surface area contributed by atoms with Crippen molar-refractivity contribution in [2.45, 2.75) is 26.8 Å². The molecule has 0 fully saturated rings. The van der Waals surface area contributed by atoms with E-state index in [4.69, 9.17) is 4.74 Å². The van der Waals surface area contributed by atoms with Crippen molar-refractivity contribution in [3.8, 4) is 5.88 Å². The van der Waals surface area contributed by atoms with Crippen LogP contribution in [-0.2, 0) is 13.0 Å². The van der Waals surface area contributed by atoms with Gasteiger partial charge in [0.2, 0.25) is 5.88 Å². The van der Waals surface area contributed by atoms with Gasteiger partial charge in [0.1, 0.15) is 12.1 Å². The maximum Gasteiger partial charge on any atom is 0.218 e. The molecule has 0 bridgehead atoms. The van der Waals surface area contributed by atoms with Gasteiger partial charge in [-0.3, -0.25) is 0 Å². The van der Waals surface area contributed by atoms with Crippen LogP contribution in [0.2, 0.25) is 0 Å². The minimum atomic E-state index is 0.608. The molecule has 0 spiro atoms. The maximum absolute atomic E-state index is 5.34. The number of anilines is 1. The predicted molar refractivity (Wildman–Crippen MR) is 74.2 cm³/mol. The van der Waals surface area contributed by atoms with Crippen molar-refractivity contribution in [3.05, 3.63) is 34.3 Å². The zero-order valence-electron chi connectivity index (χ0n) is 10.6. The van der Waals surface area contributed by atoms with Crippen molar-refractivity contribution in [1.82, 2.24) is 9.97 Å². The molecule has 96 valence electrons. The molecule has 0 saturated heterocycles. The molecule has 0 saturated carbocycles. The number of nitrogens with one attached hydrogen (secondary N) is 1. The molecule has 2 aromatic heterocycles. The lowest BCUT2D eigenvalue weighted by molar-refractivity contribution is 0.326. The summed E-state index contributed by atoms with van der Waals surface area (Å²) in [5, 5.41) is 5.43. The van der Waals surface area contributed by atoms with Gasteiger partial charge in [-0.25, -0.2) is 9.97 Å². The minimum Gasteiger partial charge on any atom is -0.478 e. The molecule has 18 heavy (non-hydrogen) atoms. The van der Waals surface area contributed by atoms with Crippen LogP contribution in [-0.4, -0.2) is 16.6 Å². The summed E-state index contributed by atoms with van der Waals surface area (Å²) in [6.07, 6.45) is 2.58. The minimum absolute atomic E-state index is 0.608. The van der Waals surface area contributed by atoms with E-state index in [2.05, 4.69) is 33.7 Å². The number of thiophene rings is 1. The quantitative estimate of drug-likeness (QED) is 0.870. The molecule has 0 atom stereocenters. The SMILES string of the molecule is CCOc1cc(NCc2sccc2CC)ncn1. The van der Waals surface area contributed by atoms with Gasteiger partial charge in [0, 0.05) is 10.9 Å². The van der Waals surface area contributed by atoms with Gasteiger partial charge in [-0.05, 0) is 30.4 Å². The second-order valence-corrected chi connectivity index (χ2v) is 4.75. The third kappa shape index (κ3) is 3.20. The Kier molecular flexibility index (Phi) is 4.52. The van der Waals surface area contributed by atoms with Crippen molar-refractivity contribution in [2.75, 3.05) is 11.9 Å². The van der Waals surface area contributed by atoms with E-state index in [1.807, 2.05) is 13.0 Å². The molecule has 0 aromatic carbocycles. The first kappa shape index (κ1) is 12.8. The number of hydrogen-bond donors (Lipinski definition) is 1. The lowest BCUT2D eigenvalue weighted by atomic mass is 10.2. The third-order valence-corrected chi connectivity index (χ3v) is 3.55. The van der Waals surface area contributed by atoms with Crippen molar-refractivity contribution < 1.29 is 4.74 Å². The molecule has 0 aliphatic carbocycles. The van der Waals surface area contributed by atoms with E-state index in [1.54, 1.807) is 11.3 Å². The number of ether oxygens (including phenoxy) is 1. The fourth-order valence-corrected chi connectivity index (χ4v) is 2.59. The molecular weight excluding hydrogens is 246 g/mol. The van der Waals surface area contributed by atoms with Gasteiger partial charge in [-0.1, -0.05) is 6.92 Å². The van der Waals surface area contributed by atoms with E-state index in [0.29, 0.717) is 12.5 Å². The summed E-state index contributed by atoms with van der Waals surface area (Å²) in [4.78, 5) is 9.57. The Hall–Kier alpha value is -1.62. The predicted octanol–water partition coefficient (Wildman–Crippen LogP) is 3.11. The Morgan fingerprint density at radius 1 is 1.33 bits per heavy atom. The summed E-state index contributed by atoms with van der Waals surface area (Å²) in [5.41, 5.74) is 1.39. The van der Waals surface area contributed by atoms with Crippen molar-refractivity contribution in [2.24, 2.45) is 0 Å². The fraction of sp³-hybridized carbons (Fsp3) is 0.385. The first-order valence-electron chi connectivity index (χ1n) is 6.07. The molecule has 1 N–H and O–H groups in total. The summed E-state index contributed by atoms with van der Waals surface area (Å²) in [7, 11) is 0. The van der Waals surface area contributed by atoms with E-state index in [-0.39, 0.29) is 0 Å². The Labute approximate surface area is 111 Å². The highest BCUT2D eigenvalue weighted by molar-refractivity contribution is 7.10. The summed E-state index contributed by atoms with van der Waals surface area (Å²) >= 11 is 1.77. The van der Waals surface area contributed by atoms with Gasteiger partial charge < -0.3 is 10.1 Å². The smallest absolute Gasteiger partial charge is 0.218 e. The number of rotatable bonds is 6.